The number of hydrogen-bond donors (Lipinski definition) is 1. The maximum absolute atomic E-state index is 12.4. The van der Waals surface area contributed by atoms with Gasteiger partial charge in [-0.2, -0.15) is 5.10 Å². The number of nitrogens with one attached hydrogen (secondary N) is 1. The van der Waals surface area contributed by atoms with Crippen molar-refractivity contribution in [3.05, 3.63) is 74.6 Å². The standard InChI is InChI=1S/C19H14BrN3O2/c1-2-10-23-19(25)16-9-4-3-8-15(16)17(22-23)12-21-18(24)13-6-5-7-14(20)11-13/h1,3-9,11H,10,12H2,(H,21,24). The first-order valence-electron chi connectivity index (χ1n) is 7.56. The number of nitrogens with zero attached hydrogens (tertiary/aromatic N) is 2. The van der Waals surface area contributed by atoms with Gasteiger partial charge in [0.25, 0.3) is 11.5 Å². The van der Waals surface area contributed by atoms with Gasteiger partial charge in [0.1, 0.15) is 6.54 Å². The van der Waals surface area contributed by atoms with Crippen molar-refractivity contribution in [3.63, 3.8) is 0 Å². The molecule has 25 heavy (non-hydrogen) atoms. The molecule has 1 heterocycles. The van der Waals surface area contributed by atoms with E-state index in [0.29, 0.717) is 22.0 Å². The van der Waals surface area contributed by atoms with Crippen LogP contribution in [-0.2, 0) is 13.1 Å². The lowest BCUT2D eigenvalue weighted by Crippen LogP contribution is -2.28. The van der Waals surface area contributed by atoms with E-state index in [1.807, 2.05) is 18.2 Å². The number of halogens is 1. The fourth-order valence-corrected chi connectivity index (χ4v) is 2.92. The molecule has 0 saturated carbocycles. The SMILES string of the molecule is C#CCn1nc(CNC(=O)c2cccc(Br)c2)c2ccccc2c1=O. The number of carbonyl (C=O) groups is 1. The predicted molar refractivity (Wildman–Crippen MR) is 100 cm³/mol. The maximum atomic E-state index is 12.4. The molecule has 0 atom stereocenters. The zero-order valence-electron chi connectivity index (χ0n) is 13.2. The highest BCUT2D eigenvalue weighted by Gasteiger charge is 2.12. The van der Waals surface area contributed by atoms with Crippen LogP contribution >= 0.6 is 15.9 Å². The second-order valence-corrected chi connectivity index (χ2v) is 6.27. The van der Waals surface area contributed by atoms with E-state index in [2.05, 4.69) is 32.3 Å². The van der Waals surface area contributed by atoms with E-state index in [4.69, 9.17) is 6.42 Å². The van der Waals surface area contributed by atoms with Crippen LogP contribution in [0.1, 0.15) is 16.1 Å². The third-order valence-corrected chi connectivity index (χ3v) is 4.18. The first kappa shape index (κ1) is 16.9. The lowest BCUT2D eigenvalue weighted by Gasteiger charge is -2.10. The van der Waals surface area contributed by atoms with Gasteiger partial charge in [-0.15, -0.1) is 6.42 Å². The fraction of sp³-hybridized carbons (Fsp3) is 0.105. The minimum Gasteiger partial charge on any atom is -0.346 e. The molecule has 0 unspecified atom stereocenters. The Labute approximate surface area is 152 Å². The maximum Gasteiger partial charge on any atom is 0.275 e. The lowest BCUT2D eigenvalue weighted by atomic mass is 10.1. The smallest absolute Gasteiger partial charge is 0.275 e. The molecule has 1 amide bonds. The van der Waals surface area contributed by atoms with Crippen molar-refractivity contribution in [2.75, 3.05) is 0 Å². The van der Waals surface area contributed by atoms with E-state index >= 15 is 0 Å². The number of rotatable bonds is 4. The summed E-state index contributed by atoms with van der Waals surface area (Å²) in [6.07, 6.45) is 5.31. The molecule has 0 bridgehead atoms. The molecule has 0 spiro atoms. The minimum atomic E-state index is -0.240. The molecule has 0 aliphatic carbocycles. The largest absolute Gasteiger partial charge is 0.346 e. The summed E-state index contributed by atoms with van der Waals surface area (Å²) in [7, 11) is 0. The van der Waals surface area contributed by atoms with Gasteiger partial charge in [0, 0.05) is 15.4 Å². The summed E-state index contributed by atoms with van der Waals surface area (Å²) in [6.45, 7) is 0.271. The summed E-state index contributed by atoms with van der Waals surface area (Å²) in [5.41, 5.74) is 0.889. The van der Waals surface area contributed by atoms with Crippen LogP contribution in [0.15, 0.2) is 57.8 Å². The number of fused-ring (bicyclic) bond motifs is 1. The Morgan fingerprint density at radius 3 is 2.68 bits per heavy atom. The van der Waals surface area contributed by atoms with E-state index < -0.39 is 0 Å². The molecule has 0 fully saturated rings. The Morgan fingerprint density at radius 1 is 1.20 bits per heavy atom. The van der Waals surface area contributed by atoms with Crippen molar-refractivity contribution >= 4 is 32.6 Å². The number of benzene rings is 2. The Kier molecular flexibility index (Phi) is 4.96. The second kappa shape index (κ2) is 7.32. The van der Waals surface area contributed by atoms with Gasteiger partial charge in [-0.25, -0.2) is 4.68 Å². The van der Waals surface area contributed by atoms with E-state index in [1.54, 1.807) is 30.3 Å². The number of carbonyl (C=O) groups excluding carboxylic acids is 1. The molecule has 5 nitrogen and oxygen atoms in total. The number of amides is 1. The molecule has 0 aliphatic rings. The predicted octanol–water partition coefficient (Wildman–Crippen LogP) is 2.72. The van der Waals surface area contributed by atoms with Crippen LogP contribution in [0.25, 0.3) is 10.8 Å². The summed E-state index contributed by atoms with van der Waals surface area (Å²) in [4.78, 5) is 24.7. The average Bonchev–Trinajstić information content (AvgIpc) is 2.63. The number of hydrogen-bond acceptors (Lipinski definition) is 3. The van der Waals surface area contributed by atoms with Crippen LogP contribution in [0.4, 0.5) is 0 Å². The van der Waals surface area contributed by atoms with Crippen molar-refractivity contribution in [1.29, 1.82) is 0 Å². The third kappa shape index (κ3) is 3.62. The highest BCUT2D eigenvalue weighted by atomic mass is 79.9. The van der Waals surface area contributed by atoms with E-state index in [-0.39, 0.29) is 24.6 Å². The van der Waals surface area contributed by atoms with Gasteiger partial charge in [-0.1, -0.05) is 46.1 Å². The molecule has 0 radical (unpaired) electrons. The molecule has 1 N–H and O–H groups in total. The third-order valence-electron chi connectivity index (χ3n) is 3.69. The van der Waals surface area contributed by atoms with E-state index in [1.165, 1.54) is 4.68 Å². The molecule has 2 aromatic carbocycles. The molecule has 3 rings (SSSR count). The Hall–Kier alpha value is -2.91. The first-order chi connectivity index (χ1) is 12.1. The van der Waals surface area contributed by atoms with Crippen molar-refractivity contribution in [2.24, 2.45) is 0 Å². The van der Waals surface area contributed by atoms with Crippen molar-refractivity contribution in [3.8, 4) is 12.3 Å². The summed E-state index contributed by atoms with van der Waals surface area (Å²) in [6, 6.07) is 14.3. The quantitative estimate of drug-likeness (QED) is 0.690. The van der Waals surface area contributed by atoms with Crippen LogP contribution in [0.2, 0.25) is 0 Å². The van der Waals surface area contributed by atoms with Gasteiger partial charge in [0.15, 0.2) is 0 Å². The molecular formula is C19H14BrN3O2. The van der Waals surface area contributed by atoms with Gasteiger partial charge < -0.3 is 5.32 Å². The molecule has 3 aromatic rings. The van der Waals surface area contributed by atoms with Gasteiger partial charge >= 0.3 is 0 Å². The minimum absolute atomic E-state index is 0.0796. The summed E-state index contributed by atoms with van der Waals surface area (Å²) >= 11 is 3.34. The zero-order chi connectivity index (χ0) is 17.8. The molecule has 0 aliphatic heterocycles. The highest BCUT2D eigenvalue weighted by Crippen LogP contribution is 2.14. The molecule has 0 saturated heterocycles. The second-order valence-electron chi connectivity index (χ2n) is 5.35. The van der Waals surface area contributed by atoms with Crippen LogP contribution in [0.3, 0.4) is 0 Å². The Balaban J connectivity index is 1.93. The average molecular weight is 396 g/mol. The topological polar surface area (TPSA) is 64.0 Å². The van der Waals surface area contributed by atoms with E-state index in [0.717, 1.165) is 4.47 Å². The van der Waals surface area contributed by atoms with E-state index in [9.17, 15) is 9.59 Å². The summed E-state index contributed by atoms with van der Waals surface area (Å²) in [5, 5.41) is 8.38. The van der Waals surface area contributed by atoms with Gasteiger partial charge in [-0.3, -0.25) is 9.59 Å². The lowest BCUT2D eigenvalue weighted by molar-refractivity contribution is 0.0950. The molecular weight excluding hydrogens is 382 g/mol. The van der Waals surface area contributed by atoms with Gasteiger partial charge in [-0.05, 0) is 24.3 Å². The van der Waals surface area contributed by atoms with Crippen molar-refractivity contribution in [1.82, 2.24) is 15.1 Å². The van der Waals surface area contributed by atoms with Gasteiger partial charge in [0.2, 0.25) is 0 Å². The Morgan fingerprint density at radius 2 is 1.96 bits per heavy atom. The zero-order valence-corrected chi connectivity index (χ0v) is 14.8. The van der Waals surface area contributed by atoms with Crippen molar-refractivity contribution < 1.29 is 4.79 Å². The van der Waals surface area contributed by atoms with Crippen LogP contribution in [0, 0.1) is 12.3 Å². The molecule has 6 heteroatoms. The normalized spacial score (nSPS) is 10.4. The van der Waals surface area contributed by atoms with Gasteiger partial charge in [0.05, 0.1) is 17.6 Å². The van der Waals surface area contributed by atoms with Crippen LogP contribution in [0.5, 0.6) is 0 Å². The fourth-order valence-electron chi connectivity index (χ4n) is 2.53. The van der Waals surface area contributed by atoms with Crippen LogP contribution in [-0.4, -0.2) is 15.7 Å². The number of terminal acetylenes is 1. The first-order valence-corrected chi connectivity index (χ1v) is 8.35. The van der Waals surface area contributed by atoms with Crippen LogP contribution < -0.4 is 10.9 Å². The summed E-state index contributed by atoms with van der Waals surface area (Å²) in [5.74, 6) is 2.20. The van der Waals surface area contributed by atoms with Crippen molar-refractivity contribution in [2.45, 2.75) is 13.1 Å². The Bertz CT molecular complexity index is 1050. The number of aromatic nitrogens is 2. The molecule has 1 aromatic heterocycles. The highest BCUT2D eigenvalue weighted by molar-refractivity contribution is 9.10. The summed E-state index contributed by atoms with van der Waals surface area (Å²) < 4.78 is 2.06. The molecule has 124 valence electrons. The monoisotopic (exact) mass is 395 g/mol.